The van der Waals surface area contributed by atoms with Crippen molar-refractivity contribution in [1.29, 1.82) is 5.26 Å². The van der Waals surface area contributed by atoms with Crippen molar-refractivity contribution in [3.05, 3.63) is 119 Å². The molecule has 0 saturated carbocycles. The summed E-state index contributed by atoms with van der Waals surface area (Å²) >= 11 is 0. The Bertz CT molecular complexity index is 1790. The molecule has 5 rings (SSSR count). The SMILES string of the molecule is CCOCCCN1C(=O)C(C#N)=C(C)/C(=C\c2cn(-c3ccccc3)nc2-c2cccc(OCc3ccccc3F)c2)C1=O. The summed E-state index contributed by atoms with van der Waals surface area (Å²) in [5, 5.41) is 14.7. The van der Waals surface area contributed by atoms with Gasteiger partial charge in [-0.2, -0.15) is 10.4 Å². The number of ether oxygens (including phenoxy) is 2. The zero-order valence-electron chi connectivity index (χ0n) is 24.5. The third-order valence-corrected chi connectivity index (χ3v) is 7.22. The van der Waals surface area contributed by atoms with Crippen molar-refractivity contribution < 1.29 is 23.5 Å². The van der Waals surface area contributed by atoms with Crippen molar-refractivity contribution in [2.24, 2.45) is 0 Å². The number of carbonyl (C=O) groups excluding carboxylic acids is 2. The number of hydrogen-bond acceptors (Lipinski definition) is 6. The van der Waals surface area contributed by atoms with E-state index in [4.69, 9.17) is 14.6 Å². The molecular formula is C35H31FN4O4. The van der Waals surface area contributed by atoms with E-state index in [0.29, 0.717) is 53.3 Å². The minimum absolute atomic E-state index is 0.0497. The fourth-order valence-corrected chi connectivity index (χ4v) is 4.90. The van der Waals surface area contributed by atoms with Gasteiger partial charge >= 0.3 is 0 Å². The molecule has 0 N–H and O–H groups in total. The number of rotatable bonds is 11. The molecule has 1 aliphatic heterocycles. The number of imide groups is 1. The summed E-state index contributed by atoms with van der Waals surface area (Å²) in [6, 6.07) is 25.2. The number of benzene rings is 3. The van der Waals surface area contributed by atoms with Gasteiger partial charge in [-0.05, 0) is 62.2 Å². The number of amides is 2. The van der Waals surface area contributed by atoms with Crippen LogP contribution in [0.1, 0.15) is 31.4 Å². The lowest BCUT2D eigenvalue weighted by Gasteiger charge is -2.27. The van der Waals surface area contributed by atoms with E-state index in [-0.39, 0.29) is 30.1 Å². The van der Waals surface area contributed by atoms with Gasteiger partial charge in [-0.1, -0.05) is 48.5 Å². The quantitative estimate of drug-likeness (QED) is 0.116. The molecule has 2 amide bonds. The second kappa shape index (κ2) is 13.8. The summed E-state index contributed by atoms with van der Waals surface area (Å²) in [6.07, 6.45) is 3.92. The van der Waals surface area contributed by atoms with Crippen LogP contribution < -0.4 is 4.74 Å². The number of aromatic nitrogens is 2. The molecule has 2 heterocycles. The predicted molar refractivity (Wildman–Crippen MR) is 164 cm³/mol. The summed E-state index contributed by atoms with van der Waals surface area (Å²) in [5.41, 5.74) is 3.56. The van der Waals surface area contributed by atoms with Crippen LogP contribution in [0.3, 0.4) is 0 Å². The van der Waals surface area contributed by atoms with E-state index in [1.807, 2.05) is 55.5 Å². The maximum Gasteiger partial charge on any atom is 0.271 e. The molecule has 0 aliphatic carbocycles. The topological polar surface area (TPSA) is 97.5 Å². The molecule has 1 aromatic heterocycles. The molecule has 44 heavy (non-hydrogen) atoms. The van der Waals surface area contributed by atoms with E-state index in [1.165, 1.54) is 6.07 Å². The average Bonchev–Trinajstić information content (AvgIpc) is 3.47. The Labute approximate surface area is 255 Å². The fourth-order valence-electron chi connectivity index (χ4n) is 4.90. The first-order valence-electron chi connectivity index (χ1n) is 14.3. The molecule has 0 spiro atoms. The second-order valence-corrected chi connectivity index (χ2v) is 10.1. The van der Waals surface area contributed by atoms with E-state index in [1.54, 1.807) is 54.2 Å². The molecule has 1 aliphatic rings. The van der Waals surface area contributed by atoms with Crippen molar-refractivity contribution in [3.63, 3.8) is 0 Å². The number of carbonyl (C=O) groups is 2. The molecule has 8 nitrogen and oxygen atoms in total. The molecule has 0 radical (unpaired) electrons. The molecule has 0 fully saturated rings. The Morgan fingerprint density at radius 3 is 2.52 bits per heavy atom. The highest BCUT2D eigenvalue weighted by Gasteiger charge is 2.35. The lowest BCUT2D eigenvalue weighted by atomic mass is 9.93. The van der Waals surface area contributed by atoms with Crippen LogP contribution in [-0.4, -0.2) is 46.3 Å². The fraction of sp³-hybridized carbons (Fsp3) is 0.200. The maximum atomic E-state index is 14.2. The number of halogens is 1. The smallest absolute Gasteiger partial charge is 0.271 e. The third kappa shape index (κ3) is 6.51. The van der Waals surface area contributed by atoms with Crippen LogP contribution in [0.2, 0.25) is 0 Å². The van der Waals surface area contributed by atoms with Crippen molar-refractivity contribution in [2.45, 2.75) is 26.9 Å². The Hall–Kier alpha value is -5.33. The molecule has 0 bridgehead atoms. The van der Waals surface area contributed by atoms with Crippen LogP contribution >= 0.6 is 0 Å². The van der Waals surface area contributed by atoms with Crippen molar-refractivity contribution >= 4 is 17.9 Å². The molecule has 4 aromatic rings. The van der Waals surface area contributed by atoms with E-state index in [0.717, 1.165) is 10.6 Å². The summed E-state index contributed by atoms with van der Waals surface area (Å²) in [5.74, 6) is -0.921. The first-order valence-corrected chi connectivity index (χ1v) is 14.3. The van der Waals surface area contributed by atoms with Gasteiger partial charge in [0.05, 0.1) is 5.69 Å². The number of nitriles is 1. The monoisotopic (exact) mass is 590 g/mol. The van der Waals surface area contributed by atoms with E-state index >= 15 is 0 Å². The highest BCUT2D eigenvalue weighted by Crippen LogP contribution is 2.32. The lowest BCUT2D eigenvalue weighted by Crippen LogP contribution is -2.43. The minimum Gasteiger partial charge on any atom is -0.489 e. The Kier molecular flexibility index (Phi) is 9.43. The Morgan fingerprint density at radius 2 is 1.77 bits per heavy atom. The highest BCUT2D eigenvalue weighted by atomic mass is 19.1. The van der Waals surface area contributed by atoms with Crippen LogP contribution in [0.25, 0.3) is 23.0 Å². The van der Waals surface area contributed by atoms with Gasteiger partial charge in [-0.25, -0.2) is 9.07 Å². The van der Waals surface area contributed by atoms with Crippen molar-refractivity contribution in [2.75, 3.05) is 19.8 Å². The maximum absolute atomic E-state index is 14.2. The van der Waals surface area contributed by atoms with Crippen LogP contribution in [0, 0.1) is 17.1 Å². The average molecular weight is 591 g/mol. The highest BCUT2D eigenvalue weighted by molar-refractivity contribution is 6.19. The standard InChI is InChI=1S/C35H31FN4O4/c1-3-43-18-10-17-39-34(41)30(24(2)31(21-37)35(39)42)20-27-22-40(28-13-5-4-6-14-28)38-33(27)25-12-9-15-29(19-25)44-23-26-11-7-8-16-32(26)36/h4-9,11-16,19-20,22H,3,10,17-18,23H2,1-2H3/b30-20+. The molecule has 222 valence electrons. The van der Waals surface area contributed by atoms with Crippen molar-refractivity contribution in [3.8, 4) is 28.8 Å². The minimum atomic E-state index is -0.608. The van der Waals surface area contributed by atoms with E-state index < -0.39 is 11.8 Å². The first kappa shape index (κ1) is 30.1. The molecule has 9 heteroatoms. The number of hydrogen-bond donors (Lipinski definition) is 0. The zero-order valence-corrected chi connectivity index (χ0v) is 24.5. The van der Waals surface area contributed by atoms with Gasteiger partial charge in [0, 0.05) is 48.2 Å². The first-order chi connectivity index (χ1) is 21.4. The summed E-state index contributed by atoms with van der Waals surface area (Å²) in [6.45, 7) is 4.57. The van der Waals surface area contributed by atoms with Crippen LogP contribution in [-0.2, 0) is 20.9 Å². The summed E-state index contributed by atoms with van der Waals surface area (Å²) < 4.78 is 27.2. The van der Waals surface area contributed by atoms with Crippen LogP contribution in [0.5, 0.6) is 5.75 Å². The normalized spacial score (nSPS) is 14.3. The van der Waals surface area contributed by atoms with E-state index in [9.17, 15) is 19.2 Å². The Balaban J connectivity index is 1.55. The van der Waals surface area contributed by atoms with Crippen molar-refractivity contribution in [1.82, 2.24) is 14.7 Å². The largest absolute Gasteiger partial charge is 0.489 e. The molecule has 3 aromatic carbocycles. The lowest BCUT2D eigenvalue weighted by molar-refractivity contribution is -0.140. The van der Waals surface area contributed by atoms with Gasteiger partial charge in [0.2, 0.25) is 0 Å². The Morgan fingerprint density at radius 1 is 1.00 bits per heavy atom. The van der Waals surface area contributed by atoms with Gasteiger partial charge in [0.1, 0.15) is 35.5 Å². The number of nitrogens with zero attached hydrogens (tertiary/aromatic N) is 4. The second-order valence-electron chi connectivity index (χ2n) is 10.1. The molecule has 0 unspecified atom stereocenters. The summed E-state index contributed by atoms with van der Waals surface area (Å²) in [7, 11) is 0. The summed E-state index contributed by atoms with van der Waals surface area (Å²) in [4.78, 5) is 27.8. The number of para-hydroxylation sites is 1. The van der Waals surface area contributed by atoms with E-state index in [2.05, 4.69) is 0 Å². The van der Waals surface area contributed by atoms with Gasteiger partial charge in [0.25, 0.3) is 11.8 Å². The van der Waals surface area contributed by atoms with Gasteiger partial charge in [-0.3, -0.25) is 14.5 Å². The zero-order chi connectivity index (χ0) is 31.1. The van der Waals surface area contributed by atoms with Crippen LogP contribution in [0.15, 0.2) is 102 Å². The van der Waals surface area contributed by atoms with Gasteiger partial charge in [0.15, 0.2) is 0 Å². The molecular weight excluding hydrogens is 559 g/mol. The predicted octanol–water partition coefficient (Wildman–Crippen LogP) is 6.28. The van der Waals surface area contributed by atoms with Gasteiger partial charge < -0.3 is 9.47 Å². The molecule has 0 atom stereocenters. The van der Waals surface area contributed by atoms with Crippen LogP contribution in [0.4, 0.5) is 4.39 Å². The van der Waals surface area contributed by atoms with Gasteiger partial charge in [-0.15, -0.1) is 0 Å². The molecule has 0 saturated heterocycles. The third-order valence-electron chi connectivity index (χ3n) is 7.22.